The molecule has 2 bridgehead atoms. The Labute approximate surface area is 137 Å². The van der Waals surface area contributed by atoms with E-state index in [1.807, 2.05) is 36.4 Å². The van der Waals surface area contributed by atoms with Crippen molar-refractivity contribution < 1.29 is 4.79 Å². The number of halogens is 3. The van der Waals surface area contributed by atoms with Crippen LogP contribution in [0.2, 0.25) is 10.0 Å². The van der Waals surface area contributed by atoms with Crippen molar-refractivity contribution in [2.45, 2.75) is 24.2 Å². The Morgan fingerprint density at radius 3 is 2.57 bits per heavy atom. The molecule has 21 heavy (non-hydrogen) atoms. The van der Waals surface area contributed by atoms with Crippen molar-refractivity contribution in [3.63, 3.8) is 0 Å². The second-order valence-electron chi connectivity index (χ2n) is 5.68. The van der Waals surface area contributed by atoms with E-state index in [2.05, 4.69) is 0 Å². The van der Waals surface area contributed by atoms with Gasteiger partial charge >= 0.3 is 0 Å². The van der Waals surface area contributed by atoms with Crippen LogP contribution in [-0.2, 0) is 10.2 Å². The lowest BCUT2D eigenvalue weighted by molar-refractivity contribution is -0.116. The highest BCUT2D eigenvalue weighted by Gasteiger charge is 2.53. The highest BCUT2D eigenvalue weighted by atomic mass is 35.5. The Bertz CT molecular complexity index is 784. The number of hydrogen-bond acceptors (Lipinski definition) is 1. The topological polar surface area (TPSA) is 17.1 Å². The van der Waals surface area contributed by atoms with Crippen molar-refractivity contribution in [1.82, 2.24) is 0 Å². The Hall–Kier alpha value is -1.02. The Kier molecular flexibility index (Phi) is 2.91. The van der Waals surface area contributed by atoms with Crippen molar-refractivity contribution >= 4 is 40.0 Å². The summed E-state index contributed by atoms with van der Waals surface area (Å²) in [5.41, 5.74) is 3.06. The summed E-state index contributed by atoms with van der Waals surface area (Å²) in [6.07, 6.45) is 1.55. The smallest absolute Gasteiger partial charge is 0.236 e. The minimum absolute atomic E-state index is 0.195. The van der Waals surface area contributed by atoms with E-state index >= 15 is 0 Å². The molecule has 0 saturated heterocycles. The van der Waals surface area contributed by atoms with Gasteiger partial charge in [-0.15, -0.1) is 0 Å². The number of hydrogen-bond donors (Lipinski definition) is 0. The average Bonchev–Trinajstić information content (AvgIpc) is 2.48. The molecule has 4 heteroatoms. The first-order valence-corrected chi connectivity index (χ1v) is 7.98. The van der Waals surface area contributed by atoms with Crippen LogP contribution in [0.4, 0.5) is 0 Å². The molecular weight excluding hydrogens is 327 g/mol. The fraction of sp³-hybridized carbons (Fsp3) is 0.235. The molecule has 5 rings (SSSR count). The van der Waals surface area contributed by atoms with E-state index in [0.717, 1.165) is 28.7 Å². The summed E-state index contributed by atoms with van der Waals surface area (Å²) in [6, 6.07) is 11.5. The summed E-state index contributed by atoms with van der Waals surface area (Å²) in [5, 5.41) is 0.931. The second-order valence-corrected chi connectivity index (χ2v) is 6.83. The van der Waals surface area contributed by atoms with E-state index in [0.29, 0.717) is 16.5 Å². The summed E-state index contributed by atoms with van der Waals surface area (Å²) in [4.78, 5) is 12.4. The van der Waals surface area contributed by atoms with Gasteiger partial charge in [0.25, 0.3) is 0 Å². The second kappa shape index (κ2) is 4.49. The lowest BCUT2D eigenvalue weighted by Crippen LogP contribution is -2.44. The zero-order valence-corrected chi connectivity index (χ0v) is 13.3. The standard InChI is InChI=1S/C17H11Cl3O/c18-12-5-2-4-11-14(12)9-7-8-17(11,16(20)21)15-10(9)3-1-6-13(15)19/h1-6,9H,7-8H2. The van der Waals surface area contributed by atoms with Crippen molar-refractivity contribution in [3.05, 3.63) is 68.7 Å². The van der Waals surface area contributed by atoms with Gasteiger partial charge in [-0.3, -0.25) is 4.79 Å². The molecule has 0 heterocycles. The SMILES string of the molecule is O=C(Cl)C12CCC(c3cccc(Cl)c31)c1c(Cl)cccc12. The molecule has 0 amide bonds. The number of carbonyl (C=O) groups excluding carboxylic acids is 1. The van der Waals surface area contributed by atoms with Crippen LogP contribution in [0.3, 0.4) is 0 Å². The minimum Gasteiger partial charge on any atom is -0.280 e. The maximum atomic E-state index is 12.4. The maximum Gasteiger partial charge on any atom is 0.236 e. The number of rotatable bonds is 1. The lowest BCUT2D eigenvalue weighted by atomic mass is 9.55. The van der Waals surface area contributed by atoms with Crippen LogP contribution in [0.1, 0.15) is 41.0 Å². The summed E-state index contributed by atoms with van der Waals surface area (Å²) in [5.74, 6) is 0.195. The predicted molar refractivity (Wildman–Crippen MR) is 85.6 cm³/mol. The minimum atomic E-state index is -0.857. The number of carbonyl (C=O) groups is 1. The van der Waals surface area contributed by atoms with Crippen LogP contribution >= 0.6 is 34.8 Å². The van der Waals surface area contributed by atoms with E-state index in [-0.39, 0.29) is 11.2 Å². The zero-order valence-electron chi connectivity index (χ0n) is 11.0. The van der Waals surface area contributed by atoms with E-state index in [4.69, 9.17) is 34.8 Å². The van der Waals surface area contributed by atoms with E-state index in [9.17, 15) is 4.79 Å². The molecule has 0 radical (unpaired) electrons. The van der Waals surface area contributed by atoms with E-state index < -0.39 is 5.41 Å². The quantitative estimate of drug-likeness (QED) is 0.647. The summed E-state index contributed by atoms with van der Waals surface area (Å²) < 4.78 is 0. The zero-order chi connectivity index (χ0) is 14.8. The highest BCUT2D eigenvalue weighted by Crippen LogP contribution is 2.59. The first-order valence-electron chi connectivity index (χ1n) is 6.85. The van der Waals surface area contributed by atoms with Gasteiger partial charge in [0.15, 0.2) is 0 Å². The molecule has 1 nitrogen and oxygen atoms in total. The van der Waals surface area contributed by atoms with Crippen molar-refractivity contribution in [1.29, 1.82) is 0 Å². The van der Waals surface area contributed by atoms with Crippen LogP contribution in [0, 0.1) is 0 Å². The molecule has 0 saturated carbocycles. The molecule has 2 aromatic rings. The Morgan fingerprint density at radius 2 is 1.81 bits per heavy atom. The summed E-state index contributed by atoms with van der Waals surface area (Å²) >= 11 is 18.9. The molecule has 0 fully saturated rings. The van der Waals surface area contributed by atoms with Crippen molar-refractivity contribution in [2.75, 3.05) is 0 Å². The third kappa shape index (κ3) is 1.57. The van der Waals surface area contributed by atoms with Crippen LogP contribution < -0.4 is 0 Å². The normalized spacial score (nSPS) is 25.4. The fourth-order valence-electron chi connectivity index (χ4n) is 4.06. The Morgan fingerprint density at radius 1 is 1.10 bits per heavy atom. The number of fused-ring (bicyclic) bond motifs is 1. The molecule has 3 aliphatic rings. The largest absolute Gasteiger partial charge is 0.280 e. The molecular formula is C17H11Cl3O. The molecule has 106 valence electrons. The van der Waals surface area contributed by atoms with Gasteiger partial charge in [-0.05, 0) is 58.8 Å². The molecule has 0 spiro atoms. The first kappa shape index (κ1) is 13.6. The van der Waals surface area contributed by atoms with Gasteiger partial charge in [0.05, 0.1) is 5.41 Å². The van der Waals surface area contributed by atoms with Gasteiger partial charge in [-0.2, -0.15) is 0 Å². The third-order valence-corrected chi connectivity index (χ3v) is 5.82. The summed E-state index contributed by atoms with van der Waals surface area (Å²) in [6.45, 7) is 0. The van der Waals surface area contributed by atoms with Gasteiger partial charge in [-0.1, -0.05) is 47.5 Å². The maximum absolute atomic E-state index is 12.4. The van der Waals surface area contributed by atoms with Gasteiger partial charge in [0.2, 0.25) is 5.24 Å². The Balaban J connectivity index is 2.18. The molecule has 0 aliphatic heterocycles. The highest BCUT2D eigenvalue weighted by molar-refractivity contribution is 6.66. The predicted octanol–water partition coefficient (Wildman–Crippen LogP) is 5.28. The van der Waals surface area contributed by atoms with Crippen LogP contribution in [0.5, 0.6) is 0 Å². The van der Waals surface area contributed by atoms with Gasteiger partial charge < -0.3 is 0 Å². The molecule has 2 aromatic carbocycles. The third-order valence-electron chi connectivity index (χ3n) is 4.85. The number of benzene rings is 2. The van der Waals surface area contributed by atoms with Crippen LogP contribution in [0.15, 0.2) is 36.4 Å². The average molecular weight is 338 g/mol. The van der Waals surface area contributed by atoms with Gasteiger partial charge in [0.1, 0.15) is 0 Å². The van der Waals surface area contributed by atoms with Crippen LogP contribution in [0.25, 0.3) is 0 Å². The molecule has 0 N–H and O–H groups in total. The first-order chi connectivity index (χ1) is 10.1. The van der Waals surface area contributed by atoms with Gasteiger partial charge in [0, 0.05) is 16.0 Å². The fourth-order valence-corrected chi connectivity index (χ4v) is 5.00. The van der Waals surface area contributed by atoms with Crippen molar-refractivity contribution in [3.8, 4) is 0 Å². The van der Waals surface area contributed by atoms with E-state index in [1.54, 1.807) is 0 Å². The molecule has 3 aliphatic carbocycles. The summed E-state index contributed by atoms with van der Waals surface area (Å²) in [7, 11) is 0. The lowest BCUT2D eigenvalue weighted by Gasteiger charge is -2.47. The molecule has 2 atom stereocenters. The van der Waals surface area contributed by atoms with Gasteiger partial charge in [-0.25, -0.2) is 0 Å². The van der Waals surface area contributed by atoms with Crippen molar-refractivity contribution in [2.24, 2.45) is 0 Å². The van der Waals surface area contributed by atoms with Crippen LogP contribution in [-0.4, -0.2) is 5.24 Å². The monoisotopic (exact) mass is 336 g/mol. The van der Waals surface area contributed by atoms with E-state index in [1.165, 1.54) is 0 Å². The molecule has 0 aromatic heterocycles. The molecule has 2 unspecified atom stereocenters.